The van der Waals surface area contributed by atoms with E-state index in [9.17, 15) is 4.79 Å². The summed E-state index contributed by atoms with van der Waals surface area (Å²) in [5, 5.41) is 2.79. The molecule has 0 atom stereocenters. The molecule has 0 bridgehead atoms. The minimum absolute atomic E-state index is 0.129. The van der Waals surface area contributed by atoms with Crippen LogP contribution in [0.15, 0.2) is 42.6 Å². The van der Waals surface area contributed by atoms with E-state index >= 15 is 0 Å². The molecule has 0 spiro atoms. The van der Waals surface area contributed by atoms with Crippen molar-refractivity contribution in [1.29, 1.82) is 0 Å². The second kappa shape index (κ2) is 5.45. The molecule has 0 unspecified atom stereocenters. The van der Waals surface area contributed by atoms with E-state index in [-0.39, 0.29) is 5.91 Å². The van der Waals surface area contributed by atoms with E-state index in [0.717, 1.165) is 12.0 Å². The van der Waals surface area contributed by atoms with E-state index in [4.69, 9.17) is 0 Å². The Morgan fingerprint density at radius 1 is 1.22 bits per heavy atom. The average Bonchev–Trinajstić information content (AvgIpc) is 2.39. The summed E-state index contributed by atoms with van der Waals surface area (Å²) in [7, 11) is 0. The van der Waals surface area contributed by atoms with Crippen LogP contribution in [0.5, 0.6) is 0 Å². The molecule has 1 aromatic carbocycles. The molecule has 0 saturated heterocycles. The molecule has 1 amide bonds. The molecule has 2 aromatic rings. The van der Waals surface area contributed by atoms with Gasteiger partial charge in [0.05, 0.1) is 0 Å². The van der Waals surface area contributed by atoms with E-state index in [1.54, 1.807) is 6.20 Å². The number of anilines is 1. The summed E-state index contributed by atoms with van der Waals surface area (Å²) < 4.78 is 0. The monoisotopic (exact) mass is 240 g/mol. The molecule has 0 aliphatic heterocycles. The molecule has 3 heteroatoms. The van der Waals surface area contributed by atoms with Crippen LogP contribution < -0.4 is 5.32 Å². The second-order valence-electron chi connectivity index (χ2n) is 4.22. The highest BCUT2D eigenvalue weighted by atomic mass is 16.1. The molecule has 1 heterocycles. The average molecular weight is 240 g/mol. The number of carbonyl (C=O) groups excluding carboxylic acids is 1. The number of hydrogen-bond acceptors (Lipinski definition) is 2. The van der Waals surface area contributed by atoms with Gasteiger partial charge in [0.15, 0.2) is 0 Å². The van der Waals surface area contributed by atoms with Crippen LogP contribution >= 0.6 is 0 Å². The summed E-state index contributed by atoms with van der Waals surface area (Å²) in [6, 6.07) is 11.4. The molecule has 2 rings (SSSR count). The van der Waals surface area contributed by atoms with E-state index in [1.165, 1.54) is 5.56 Å². The van der Waals surface area contributed by atoms with Gasteiger partial charge in [-0.05, 0) is 48.7 Å². The normalized spacial score (nSPS) is 10.1. The van der Waals surface area contributed by atoms with Crippen LogP contribution in [-0.2, 0) is 6.42 Å². The van der Waals surface area contributed by atoms with Crippen LogP contribution in [-0.4, -0.2) is 10.9 Å². The number of carbonyl (C=O) groups is 1. The first-order valence-electron chi connectivity index (χ1n) is 6.02. The molecule has 1 N–H and O–H groups in total. The van der Waals surface area contributed by atoms with Crippen molar-refractivity contribution in [3.8, 4) is 0 Å². The number of aryl methyl sites for hydroxylation is 2. The summed E-state index contributed by atoms with van der Waals surface area (Å²) in [4.78, 5) is 16.1. The Bertz CT molecular complexity index is 547. The van der Waals surface area contributed by atoms with Gasteiger partial charge in [0.2, 0.25) is 0 Å². The smallest absolute Gasteiger partial charge is 0.256 e. The van der Waals surface area contributed by atoms with Gasteiger partial charge in [0.1, 0.15) is 5.82 Å². The summed E-state index contributed by atoms with van der Waals surface area (Å²) in [5.74, 6) is 0.454. The molecule has 0 aliphatic rings. The van der Waals surface area contributed by atoms with Crippen molar-refractivity contribution in [1.82, 2.24) is 4.98 Å². The van der Waals surface area contributed by atoms with E-state index < -0.39 is 0 Å². The minimum Gasteiger partial charge on any atom is -0.307 e. The number of pyridine rings is 1. The van der Waals surface area contributed by atoms with Crippen molar-refractivity contribution in [2.24, 2.45) is 0 Å². The maximum Gasteiger partial charge on any atom is 0.256 e. The summed E-state index contributed by atoms with van der Waals surface area (Å²) in [6.45, 7) is 4.05. The third-order valence-corrected chi connectivity index (χ3v) is 2.78. The highest BCUT2D eigenvalue weighted by Crippen LogP contribution is 2.09. The van der Waals surface area contributed by atoms with Crippen LogP contribution in [0.25, 0.3) is 0 Å². The third kappa shape index (κ3) is 2.94. The second-order valence-corrected chi connectivity index (χ2v) is 4.22. The van der Waals surface area contributed by atoms with Gasteiger partial charge < -0.3 is 5.32 Å². The number of rotatable bonds is 3. The highest BCUT2D eigenvalue weighted by molar-refractivity contribution is 6.03. The van der Waals surface area contributed by atoms with Gasteiger partial charge in [0, 0.05) is 11.8 Å². The number of amides is 1. The van der Waals surface area contributed by atoms with Gasteiger partial charge in [-0.15, -0.1) is 0 Å². The number of nitrogens with one attached hydrogen (secondary N) is 1. The lowest BCUT2D eigenvalue weighted by atomic mass is 10.1. The van der Waals surface area contributed by atoms with Crippen LogP contribution in [0.4, 0.5) is 5.82 Å². The Hall–Kier alpha value is -2.16. The minimum atomic E-state index is -0.129. The Morgan fingerprint density at radius 3 is 2.56 bits per heavy atom. The van der Waals surface area contributed by atoms with Crippen LogP contribution in [0.1, 0.15) is 28.4 Å². The lowest BCUT2D eigenvalue weighted by Crippen LogP contribution is -2.12. The molecular formula is C15H16N2O. The zero-order valence-corrected chi connectivity index (χ0v) is 10.6. The number of aromatic nitrogens is 1. The van der Waals surface area contributed by atoms with Crippen LogP contribution in [0.2, 0.25) is 0 Å². The van der Waals surface area contributed by atoms with Crippen molar-refractivity contribution in [3.63, 3.8) is 0 Å². The molecule has 0 radical (unpaired) electrons. The van der Waals surface area contributed by atoms with Crippen molar-refractivity contribution in [2.75, 3.05) is 5.32 Å². The van der Waals surface area contributed by atoms with Crippen molar-refractivity contribution < 1.29 is 4.79 Å². The molecule has 1 aromatic heterocycles. The van der Waals surface area contributed by atoms with Crippen molar-refractivity contribution in [3.05, 3.63) is 59.3 Å². The molecule has 0 aliphatic carbocycles. The van der Waals surface area contributed by atoms with Gasteiger partial charge in [-0.2, -0.15) is 0 Å². The van der Waals surface area contributed by atoms with Crippen LogP contribution in [0.3, 0.4) is 0 Å². The fourth-order valence-electron chi connectivity index (χ4n) is 1.68. The Balaban J connectivity index is 2.11. The first kappa shape index (κ1) is 12.3. The molecule has 3 nitrogen and oxygen atoms in total. The zero-order valence-electron chi connectivity index (χ0n) is 10.6. The molecule has 92 valence electrons. The van der Waals surface area contributed by atoms with Gasteiger partial charge in [-0.1, -0.05) is 19.1 Å². The third-order valence-electron chi connectivity index (χ3n) is 2.78. The summed E-state index contributed by atoms with van der Waals surface area (Å²) in [5.41, 5.74) is 2.94. The molecule has 0 saturated carbocycles. The van der Waals surface area contributed by atoms with Gasteiger partial charge in [0.25, 0.3) is 5.91 Å². The van der Waals surface area contributed by atoms with Crippen molar-refractivity contribution in [2.45, 2.75) is 20.3 Å². The summed E-state index contributed by atoms with van der Waals surface area (Å²) >= 11 is 0. The topological polar surface area (TPSA) is 42.0 Å². The molecule has 0 fully saturated rings. The van der Waals surface area contributed by atoms with E-state index in [2.05, 4.69) is 17.2 Å². The van der Waals surface area contributed by atoms with E-state index in [0.29, 0.717) is 11.4 Å². The fraction of sp³-hybridized carbons (Fsp3) is 0.200. The van der Waals surface area contributed by atoms with Crippen LogP contribution in [0, 0.1) is 6.92 Å². The fourth-order valence-corrected chi connectivity index (χ4v) is 1.68. The Kier molecular flexibility index (Phi) is 3.72. The maximum atomic E-state index is 12.0. The SMILES string of the molecule is CCc1ccc(C(=O)Nc2cc(C)ccn2)cc1. The zero-order chi connectivity index (χ0) is 13.0. The lowest BCUT2D eigenvalue weighted by Gasteiger charge is -2.05. The number of nitrogens with zero attached hydrogens (tertiary/aromatic N) is 1. The molecular weight excluding hydrogens is 224 g/mol. The maximum absolute atomic E-state index is 12.0. The predicted molar refractivity (Wildman–Crippen MR) is 72.7 cm³/mol. The number of hydrogen-bond donors (Lipinski definition) is 1. The predicted octanol–water partition coefficient (Wildman–Crippen LogP) is 3.20. The Labute approximate surface area is 107 Å². The largest absolute Gasteiger partial charge is 0.307 e. The lowest BCUT2D eigenvalue weighted by molar-refractivity contribution is 0.102. The highest BCUT2D eigenvalue weighted by Gasteiger charge is 2.06. The standard InChI is InChI=1S/C15H16N2O/c1-3-12-4-6-13(7-5-12)15(18)17-14-10-11(2)8-9-16-14/h4-10H,3H2,1-2H3,(H,16,17,18). The summed E-state index contributed by atoms with van der Waals surface area (Å²) in [6.07, 6.45) is 2.66. The first-order valence-corrected chi connectivity index (χ1v) is 6.02. The Morgan fingerprint density at radius 2 is 1.94 bits per heavy atom. The number of benzene rings is 1. The first-order chi connectivity index (χ1) is 8.69. The molecule has 18 heavy (non-hydrogen) atoms. The van der Waals surface area contributed by atoms with Gasteiger partial charge >= 0.3 is 0 Å². The van der Waals surface area contributed by atoms with Gasteiger partial charge in [-0.3, -0.25) is 4.79 Å². The van der Waals surface area contributed by atoms with Gasteiger partial charge in [-0.25, -0.2) is 4.98 Å². The quantitative estimate of drug-likeness (QED) is 0.895. The van der Waals surface area contributed by atoms with E-state index in [1.807, 2.05) is 43.3 Å². The van der Waals surface area contributed by atoms with Crippen molar-refractivity contribution >= 4 is 11.7 Å².